The SMILES string of the molecule is COc1cccc(OCOc2ccccc2O)c1. The Bertz CT molecular complexity index is 511. The minimum Gasteiger partial charge on any atom is -0.504 e. The van der Waals surface area contributed by atoms with Crippen LogP contribution in [-0.2, 0) is 0 Å². The van der Waals surface area contributed by atoms with Gasteiger partial charge in [-0.25, -0.2) is 0 Å². The number of phenolic OH excluding ortho intramolecular Hbond substituents is 1. The summed E-state index contributed by atoms with van der Waals surface area (Å²) in [5.74, 6) is 1.84. The van der Waals surface area contributed by atoms with Crippen LogP contribution < -0.4 is 14.2 Å². The number of rotatable bonds is 5. The van der Waals surface area contributed by atoms with Crippen molar-refractivity contribution in [3.8, 4) is 23.0 Å². The quantitative estimate of drug-likeness (QED) is 0.824. The first-order valence-electron chi connectivity index (χ1n) is 5.47. The first-order chi connectivity index (χ1) is 8.79. The van der Waals surface area contributed by atoms with Crippen LogP contribution in [0.3, 0.4) is 0 Å². The van der Waals surface area contributed by atoms with Crippen LogP contribution >= 0.6 is 0 Å². The van der Waals surface area contributed by atoms with Gasteiger partial charge in [-0.3, -0.25) is 0 Å². The van der Waals surface area contributed by atoms with E-state index in [1.165, 1.54) is 0 Å². The van der Waals surface area contributed by atoms with Crippen LogP contribution in [0.25, 0.3) is 0 Å². The third-order valence-electron chi connectivity index (χ3n) is 2.35. The number of aromatic hydroxyl groups is 1. The largest absolute Gasteiger partial charge is 0.504 e. The summed E-state index contributed by atoms with van der Waals surface area (Å²) in [6, 6.07) is 14.0. The molecule has 0 unspecified atom stereocenters. The van der Waals surface area contributed by atoms with Crippen molar-refractivity contribution in [1.82, 2.24) is 0 Å². The zero-order valence-corrected chi connectivity index (χ0v) is 10.00. The van der Waals surface area contributed by atoms with Crippen molar-refractivity contribution in [3.05, 3.63) is 48.5 Å². The molecule has 0 aliphatic rings. The maximum absolute atomic E-state index is 9.49. The monoisotopic (exact) mass is 246 g/mol. The third-order valence-corrected chi connectivity index (χ3v) is 2.35. The molecule has 0 spiro atoms. The minimum atomic E-state index is 0.0186. The van der Waals surface area contributed by atoms with E-state index in [1.54, 1.807) is 43.5 Å². The van der Waals surface area contributed by atoms with Crippen molar-refractivity contribution in [2.24, 2.45) is 0 Å². The lowest BCUT2D eigenvalue weighted by Crippen LogP contribution is -2.05. The van der Waals surface area contributed by atoms with Gasteiger partial charge in [-0.2, -0.15) is 0 Å². The van der Waals surface area contributed by atoms with E-state index in [0.717, 1.165) is 5.75 Å². The molecule has 0 amide bonds. The van der Waals surface area contributed by atoms with Crippen LogP contribution in [0.4, 0.5) is 0 Å². The summed E-state index contributed by atoms with van der Waals surface area (Å²) in [5, 5.41) is 9.49. The summed E-state index contributed by atoms with van der Waals surface area (Å²) in [6.07, 6.45) is 0. The molecule has 4 heteroatoms. The van der Waals surface area contributed by atoms with Crippen molar-refractivity contribution < 1.29 is 19.3 Å². The molecule has 2 rings (SSSR count). The summed E-state index contributed by atoms with van der Waals surface area (Å²) in [7, 11) is 1.59. The van der Waals surface area contributed by atoms with E-state index in [4.69, 9.17) is 14.2 Å². The second kappa shape index (κ2) is 5.82. The van der Waals surface area contributed by atoms with E-state index in [9.17, 15) is 5.11 Å². The highest BCUT2D eigenvalue weighted by Gasteiger charge is 2.01. The number of ether oxygens (including phenoxy) is 3. The van der Waals surface area contributed by atoms with Crippen molar-refractivity contribution in [3.63, 3.8) is 0 Å². The fourth-order valence-corrected chi connectivity index (χ4v) is 1.43. The van der Waals surface area contributed by atoms with Crippen LogP contribution in [0.2, 0.25) is 0 Å². The Morgan fingerprint density at radius 1 is 0.944 bits per heavy atom. The third kappa shape index (κ3) is 3.07. The Morgan fingerprint density at radius 3 is 2.50 bits per heavy atom. The van der Waals surface area contributed by atoms with Crippen LogP contribution in [0, 0.1) is 0 Å². The van der Waals surface area contributed by atoms with Gasteiger partial charge < -0.3 is 19.3 Å². The number of phenols is 1. The van der Waals surface area contributed by atoms with Crippen LogP contribution in [0.5, 0.6) is 23.0 Å². The lowest BCUT2D eigenvalue weighted by atomic mass is 10.3. The molecule has 0 atom stereocenters. The molecule has 94 valence electrons. The molecule has 0 fully saturated rings. The molecule has 18 heavy (non-hydrogen) atoms. The first-order valence-corrected chi connectivity index (χ1v) is 5.47. The van der Waals surface area contributed by atoms with Gasteiger partial charge in [0, 0.05) is 6.07 Å². The zero-order valence-electron chi connectivity index (χ0n) is 10.00. The number of hydrogen-bond acceptors (Lipinski definition) is 4. The summed E-state index contributed by atoms with van der Waals surface area (Å²) < 4.78 is 15.8. The summed E-state index contributed by atoms with van der Waals surface area (Å²) in [6.45, 7) is 0.0186. The van der Waals surface area contributed by atoms with E-state index < -0.39 is 0 Å². The van der Waals surface area contributed by atoms with Crippen molar-refractivity contribution in [2.75, 3.05) is 13.9 Å². The second-order valence-electron chi connectivity index (χ2n) is 3.55. The molecular formula is C14H14O4. The van der Waals surface area contributed by atoms with Gasteiger partial charge in [-0.1, -0.05) is 18.2 Å². The maximum atomic E-state index is 9.49. The fourth-order valence-electron chi connectivity index (χ4n) is 1.43. The highest BCUT2D eigenvalue weighted by Crippen LogP contribution is 2.25. The summed E-state index contributed by atoms with van der Waals surface area (Å²) >= 11 is 0. The Balaban J connectivity index is 1.90. The smallest absolute Gasteiger partial charge is 0.231 e. The molecule has 0 saturated carbocycles. The van der Waals surface area contributed by atoms with Crippen molar-refractivity contribution >= 4 is 0 Å². The van der Waals surface area contributed by atoms with Gasteiger partial charge in [0.2, 0.25) is 6.79 Å². The molecule has 0 aromatic heterocycles. The maximum Gasteiger partial charge on any atom is 0.231 e. The summed E-state index contributed by atoms with van der Waals surface area (Å²) in [4.78, 5) is 0. The highest BCUT2D eigenvalue weighted by molar-refractivity contribution is 5.38. The van der Waals surface area contributed by atoms with Crippen LogP contribution in [0.1, 0.15) is 0 Å². The minimum absolute atomic E-state index is 0.0186. The van der Waals surface area contributed by atoms with Gasteiger partial charge >= 0.3 is 0 Å². The van der Waals surface area contributed by atoms with E-state index in [0.29, 0.717) is 11.5 Å². The van der Waals surface area contributed by atoms with E-state index in [2.05, 4.69) is 0 Å². The molecule has 2 aromatic carbocycles. The molecule has 0 saturated heterocycles. The Hall–Kier alpha value is -2.36. The molecule has 4 nitrogen and oxygen atoms in total. The van der Waals surface area contributed by atoms with Gasteiger partial charge in [0.15, 0.2) is 11.5 Å². The molecule has 0 heterocycles. The highest BCUT2D eigenvalue weighted by atomic mass is 16.7. The Morgan fingerprint density at radius 2 is 1.72 bits per heavy atom. The molecule has 1 N–H and O–H groups in total. The Kier molecular flexibility index (Phi) is 3.91. The normalized spacial score (nSPS) is 9.83. The average molecular weight is 246 g/mol. The van der Waals surface area contributed by atoms with Gasteiger partial charge in [0.25, 0.3) is 0 Å². The predicted molar refractivity (Wildman–Crippen MR) is 67.2 cm³/mol. The van der Waals surface area contributed by atoms with E-state index >= 15 is 0 Å². The molecule has 0 radical (unpaired) electrons. The number of para-hydroxylation sites is 2. The van der Waals surface area contributed by atoms with E-state index in [1.807, 2.05) is 12.1 Å². The molecule has 0 bridgehead atoms. The van der Waals surface area contributed by atoms with E-state index in [-0.39, 0.29) is 12.5 Å². The topological polar surface area (TPSA) is 47.9 Å². The fraction of sp³-hybridized carbons (Fsp3) is 0.143. The molecular weight excluding hydrogens is 232 g/mol. The molecule has 0 aliphatic heterocycles. The van der Waals surface area contributed by atoms with Gasteiger partial charge in [-0.15, -0.1) is 0 Å². The molecule has 2 aromatic rings. The number of methoxy groups -OCH3 is 1. The van der Waals surface area contributed by atoms with Crippen LogP contribution in [0.15, 0.2) is 48.5 Å². The summed E-state index contributed by atoms with van der Waals surface area (Å²) in [5.41, 5.74) is 0. The second-order valence-corrected chi connectivity index (χ2v) is 3.55. The van der Waals surface area contributed by atoms with Gasteiger partial charge in [-0.05, 0) is 24.3 Å². The van der Waals surface area contributed by atoms with Crippen LogP contribution in [-0.4, -0.2) is 19.0 Å². The van der Waals surface area contributed by atoms with Gasteiger partial charge in [0.05, 0.1) is 7.11 Å². The van der Waals surface area contributed by atoms with Crippen molar-refractivity contribution in [2.45, 2.75) is 0 Å². The van der Waals surface area contributed by atoms with Gasteiger partial charge in [0.1, 0.15) is 11.5 Å². The number of hydrogen-bond donors (Lipinski definition) is 1. The predicted octanol–water partition coefficient (Wildman–Crippen LogP) is 2.82. The lowest BCUT2D eigenvalue weighted by molar-refractivity contribution is 0.116. The average Bonchev–Trinajstić information content (AvgIpc) is 2.41. The van der Waals surface area contributed by atoms with Crippen molar-refractivity contribution in [1.29, 1.82) is 0 Å². The lowest BCUT2D eigenvalue weighted by Gasteiger charge is -2.10. The first kappa shape index (κ1) is 12.1. The zero-order chi connectivity index (χ0) is 12.8. The standard InChI is InChI=1S/C14H14O4/c1-16-11-5-4-6-12(9-11)17-10-18-14-8-3-2-7-13(14)15/h2-9,15H,10H2,1H3. The Labute approximate surface area is 105 Å². The number of benzene rings is 2. The molecule has 0 aliphatic carbocycles.